The minimum Gasteiger partial charge on any atom is -0.354 e. The topological polar surface area (TPSA) is 95.5 Å². The second kappa shape index (κ2) is 8.25. The minimum absolute atomic E-state index is 0.0187. The summed E-state index contributed by atoms with van der Waals surface area (Å²) in [4.78, 5) is 49.0. The molecule has 0 spiro atoms. The third kappa shape index (κ3) is 4.00. The van der Waals surface area contributed by atoms with Gasteiger partial charge in [0.2, 0.25) is 11.8 Å². The fourth-order valence-corrected chi connectivity index (χ4v) is 3.91. The number of amides is 3. The monoisotopic (exact) mass is 359 g/mol. The number of carbonyl (C=O) groups is 3. The Balaban J connectivity index is 1.80. The van der Waals surface area contributed by atoms with Gasteiger partial charge in [-0.25, -0.2) is 4.98 Å². The zero-order chi connectivity index (χ0) is 18.5. The van der Waals surface area contributed by atoms with Crippen LogP contribution in [0, 0.1) is 5.92 Å². The first-order valence-corrected chi connectivity index (χ1v) is 9.18. The van der Waals surface area contributed by atoms with Crippen LogP contribution in [0.1, 0.15) is 43.1 Å². The van der Waals surface area contributed by atoms with E-state index >= 15 is 0 Å². The third-order valence-electron chi connectivity index (χ3n) is 5.23. The van der Waals surface area contributed by atoms with Gasteiger partial charge in [-0.15, -0.1) is 0 Å². The summed E-state index contributed by atoms with van der Waals surface area (Å²) in [6, 6.07) is -0.0900. The summed E-state index contributed by atoms with van der Waals surface area (Å²) in [5.41, 5.74) is 0.265. The molecule has 1 saturated carbocycles. The van der Waals surface area contributed by atoms with Gasteiger partial charge in [-0.2, -0.15) is 0 Å². The lowest BCUT2D eigenvalue weighted by atomic mass is 9.82. The van der Waals surface area contributed by atoms with Crippen molar-refractivity contribution in [2.24, 2.45) is 5.92 Å². The molecule has 2 aliphatic rings. The van der Waals surface area contributed by atoms with Crippen molar-refractivity contribution in [1.82, 2.24) is 25.1 Å². The van der Waals surface area contributed by atoms with Gasteiger partial charge in [0.1, 0.15) is 5.69 Å². The van der Waals surface area contributed by atoms with Crippen LogP contribution in [0.25, 0.3) is 0 Å². The quantitative estimate of drug-likeness (QED) is 0.786. The van der Waals surface area contributed by atoms with Gasteiger partial charge in [0.15, 0.2) is 0 Å². The van der Waals surface area contributed by atoms with Gasteiger partial charge in [0.05, 0.1) is 12.1 Å². The van der Waals surface area contributed by atoms with E-state index in [1.807, 2.05) is 0 Å². The lowest BCUT2D eigenvalue weighted by Gasteiger charge is -2.40. The molecule has 2 unspecified atom stereocenters. The molecule has 2 atom stereocenters. The van der Waals surface area contributed by atoms with Gasteiger partial charge in [-0.1, -0.05) is 12.8 Å². The molecule has 8 heteroatoms. The summed E-state index contributed by atoms with van der Waals surface area (Å²) >= 11 is 0. The van der Waals surface area contributed by atoms with E-state index in [1.54, 1.807) is 9.80 Å². The Labute approximate surface area is 153 Å². The Morgan fingerprint density at radius 3 is 2.69 bits per heavy atom. The zero-order valence-electron chi connectivity index (χ0n) is 15.1. The van der Waals surface area contributed by atoms with Gasteiger partial charge < -0.3 is 15.1 Å². The molecule has 1 aliphatic carbocycles. The first-order valence-electron chi connectivity index (χ1n) is 9.18. The molecular formula is C18H25N5O3. The van der Waals surface area contributed by atoms with Crippen LogP contribution >= 0.6 is 0 Å². The SMILES string of the molecule is CC(=O)N1CCN(C(=O)c2cnccn2)CCNC(=O)C2CCCCC21. The number of carbonyl (C=O) groups excluding carboxylic acids is 3. The van der Waals surface area contributed by atoms with Crippen LogP contribution in [0.3, 0.4) is 0 Å². The predicted molar refractivity (Wildman–Crippen MR) is 94.1 cm³/mol. The molecule has 3 rings (SSSR count). The van der Waals surface area contributed by atoms with E-state index in [4.69, 9.17) is 0 Å². The van der Waals surface area contributed by atoms with Crippen molar-refractivity contribution >= 4 is 17.7 Å². The van der Waals surface area contributed by atoms with Gasteiger partial charge in [-0.3, -0.25) is 19.4 Å². The molecular weight excluding hydrogens is 334 g/mol. The van der Waals surface area contributed by atoms with Crippen LogP contribution in [0.4, 0.5) is 0 Å². The molecule has 0 radical (unpaired) electrons. The fourth-order valence-electron chi connectivity index (χ4n) is 3.91. The number of nitrogens with one attached hydrogen (secondary N) is 1. The van der Waals surface area contributed by atoms with Gasteiger partial charge >= 0.3 is 0 Å². The molecule has 0 bridgehead atoms. The fraction of sp³-hybridized carbons (Fsp3) is 0.611. The Hall–Kier alpha value is -2.51. The van der Waals surface area contributed by atoms with E-state index < -0.39 is 0 Å². The van der Waals surface area contributed by atoms with E-state index in [9.17, 15) is 14.4 Å². The van der Waals surface area contributed by atoms with Crippen LogP contribution in [0.2, 0.25) is 0 Å². The highest BCUT2D eigenvalue weighted by molar-refractivity contribution is 5.92. The molecule has 140 valence electrons. The standard InChI is InChI=1S/C18H25N5O3/c1-13(24)23-11-10-22(18(26)15-12-19-6-7-20-15)9-8-21-17(25)14-4-2-3-5-16(14)23/h6-7,12,14,16H,2-5,8-11H2,1H3,(H,21,25). The molecule has 8 nitrogen and oxygen atoms in total. The first-order chi connectivity index (χ1) is 12.6. The number of nitrogens with zero attached hydrogens (tertiary/aromatic N) is 4. The van der Waals surface area contributed by atoms with E-state index in [0.717, 1.165) is 25.7 Å². The van der Waals surface area contributed by atoms with Crippen molar-refractivity contribution in [3.8, 4) is 0 Å². The summed E-state index contributed by atoms with van der Waals surface area (Å²) < 4.78 is 0. The van der Waals surface area contributed by atoms with Crippen LogP contribution in [-0.2, 0) is 9.59 Å². The summed E-state index contributed by atoms with van der Waals surface area (Å²) in [7, 11) is 0. The highest BCUT2D eigenvalue weighted by atomic mass is 16.2. The van der Waals surface area contributed by atoms with Crippen molar-refractivity contribution in [3.63, 3.8) is 0 Å². The van der Waals surface area contributed by atoms with Crippen molar-refractivity contribution in [1.29, 1.82) is 0 Å². The van der Waals surface area contributed by atoms with E-state index in [0.29, 0.717) is 26.2 Å². The molecule has 1 aromatic rings. The Morgan fingerprint density at radius 2 is 1.96 bits per heavy atom. The number of rotatable bonds is 1. The lowest BCUT2D eigenvalue weighted by molar-refractivity contribution is -0.137. The predicted octanol–water partition coefficient (Wildman–Crippen LogP) is 0.456. The maximum absolute atomic E-state index is 12.7. The van der Waals surface area contributed by atoms with Crippen LogP contribution in [0.15, 0.2) is 18.6 Å². The number of hydrogen-bond acceptors (Lipinski definition) is 5. The first kappa shape index (κ1) is 18.3. The van der Waals surface area contributed by atoms with E-state index in [2.05, 4.69) is 15.3 Å². The number of fused-ring (bicyclic) bond motifs is 1. The van der Waals surface area contributed by atoms with Crippen LogP contribution < -0.4 is 5.32 Å². The molecule has 2 fully saturated rings. The minimum atomic E-state index is -0.239. The van der Waals surface area contributed by atoms with Crippen LogP contribution in [0.5, 0.6) is 0 Å². The Kier molecular flexibility index (Phi) is 5.80. The molecule has 26 heavy (non-hydrogen) atoms. The van der Waals surface area contributed by atoms with Crippen molar-refractivity contribution < 1.29 is 14.4 Å². The molecule has 1 aromatic heterocycles. The van der Waals surface area contributed by atoms with E-state index in [1.165, 1.54) is 25.5 Å². The maximum atomic E-state index is 12.7. The Bertz CT molecular complexity index is 666. The number of hydrogen-bond donors (Lipinski definition) is 1. The van der Waals surface area contributed by atoms with Crippen molar-refractivity contribution in [2.75, 3.05) is 26.2 Å². The van der Waals surface area contributed by atoms with Crippen molar-refractivity contribution in [2.45, 2.75) is 38.6 Å². The van der Waals surface area contributed by atoms with Gasteiger partial charge in [0.25, 0.3) is 5.91 Å². The zero-order valence-corrected chi connectivity index (χ0v) is 15.1. The maximum Gasteiger partial charge on any atom is 0.274 e. The summed E-state index contributed by atoms with van der Waals surface area (Å²) in [6.45, 7) is 3.15. The van der Waals surface area contributed by atoms with Gasteiger partial charge in [-0.05, 0) is 12.8 Å². The third-order valence-corrected chi connectivity index (χ3v) is 5.23. The van der Waals surface area contributed by atoms with Crippen molar-refractivity contribution in [3.05, 3.63) is 24.3 Å². The average Bonchev–Trinajstić information content (AvgIpc) is 2.66. The molecule has 1 saturated heterocycles. The second-order valence-electron chi connectivity index (χ2n) is 6.84. The molecule has 0 aromatic carbocycles. The molecule has 2 heterocycles. The summed E-state index contributed by atoms with van der Waals surface area (Å²) in [5.74, 6) is -0.469. The van der Waals surface area contributed by atoms with E-state index in [-0.39, 0.29) is 35.4 Å². The molecule has 3 amide bonds. The number of aromatic nitrogens is 2. The molecule has 1 aliphatic heterocycles. The highest BCUT2D eigenvalue weighted by Gasteiger charge is 2.37. The lowest BCUT2D eigenvalue weighted by Crippen LogP contribution is -2.55. The highest BCUT2D eigenvalue weighted by Crippen LogP contribution is 2.29. The molecule has 1 N–H and O–H groups in total. The summed E-state index contributed by atoms with van der Waals surface area (Å²) in [6.07, 6.45) is 8.08. The smallest absolute Gasteiger partial charge is 0.274 e. The van der Waals surface area contributed by atoms with Crippen LogP contribution in [-0.4, -0.2) is 69.7 Å². The normalized spacial score (nSPS) is 24.4. The van der Waals surface area contributed by atoms with Gasteiger partial charge in [0, 0.05) is 51.5 Å². The summed E-state index contributed by atoms with van der Waals surface area (Å²) in [5, 5.41) is 2.94. The Morgan fingerprint density at radius 1 is 1.15 bits per heavy atom. The second-order valence-corrected chi connectivity index (χ2v) is 6.84. The largest absolute Gasteiger partial charge is 0.354 e. The average molecular weight is 359 g/mol.